The van der Waals surface area contributed by atoms with Crippen molar-refractivity contribution in [2.45, 2.75) is 38.4 Å². The van der Waals surface area contributed by atoms with E-state index in [1.165, 1.54) is 18.2 Å². The van der Waals surface area contributed by atoms with E-state index in [0.29, 0.717) is 12.1 Å². The Labute approximate surface area is 136 Å². The van der Waals surface area contributed by atoms with Crippen molar-refractivity contribution in [1.82, 2.24) is 9.88 Å². The fourth-order valence-corrected chi connectivity index (χ4v) is 3.04. The van der Waals surface area contributed by atoms with Gasteiger partial charge in [-0.05, 0) is 43.9 Å². The van der Waals surface area contributed by atoms with Crippen LogP contribution in [0, 0.1) is 11.3 Å². The van der Waals surface area contributed by atoms with Crippen molar-refractivity contribution < 1.29 is 18.0 Å². The predicted octanol–water partition coefficient (Wildman–Crippen LogP) is 3.55. The minimum Gasteiger partial charge on any atom is -0.355 e. The van der Waals surface area contributed by atoms with Crippen molar-refractivity contribution >= 4 is 16.8 Å². The SMILES string of the molecule is CCNC(=O)Cn1c(C2CC2)cc2c(C(F)(F)F)c(C#N)ccc21. The second-order valence-electron chi connectivity index (χ2n) is 5.91. The van der Waals surface area contributed by atoms with Gasteiger partial charge in [-0.2, -0.15) is 18.4 Å². The topological polar surface area (TPSA) is 57.8 Å². The fourth-order valence-electron chi connectivity index (χ4n) is 3.04. The summed E-state index contributed by atoms with van der Waals surface area (Å²) in [5.74, 6) is -0.0618. The van der Waals surface area contributed by atoms with Crippen molar-refractivity contribution in [2.75, 3.05) is 6.54 Å². The van der Waals surface area contributed by atoms with E-state index in [0.717, 1.165) is 18.5 Å². The maximum Gasteiger partial charge on any atom is 0.418 e. The largest absolute Gasteiger partial charge is 0.418 e. The van der Waals surface area contributed by atoms with Crippen LogP contribution in [0.5, 0.6) is 0 Å². The molecule has 1 aromatic carbocycles. The van der Waals surface area contributed by atoms with Crippen molar-refractivity contribution in [3.8, 4) is 6.07 Å². The van der Waals surface area contributed by atoms with Crippen LogP contribution in [0.4, 0.5) is 13.2 Å². The highest BCUT2D eigenvalue weighted by molar-refractivity contribution is 5.89. The zero-order chi connectivity index (χ0) is 17.5. The van der Waals surface area contributed by atoms with E-state index in [1.807, 2.05) is 0 Å². The van der Waals surface area contributed by atoms with Crippen molar-refractivity contribution in [3.05, 3.63) is 35.0 Å². The number of hydrogen-bond donors (Lipinski definition) is 1. The number of benzene rings is 1. The van der Waals surface area contributed by atoms with Gasteiger partial charge in [-0.1, -0.05) is 0 Å². The zero-order valence-corrected chi connectivity index (χ0v) is 13.1. The molecule has 7 heteroatoms. The first-order valence-corrected chi connectivity index (χ1v) is 7.77. The van der Waals surface area contributed by atoms with E-state index in [4.69, 9.17) is 5.26 Å². The van der Waals surface area contributed by atoms with Crippen molar-refractivity contribution in [1.29, 1.82) is 5.26 Å². The van der Waals surface area contributed by atoms with E-state index in [-0.39, 0.29) is 23.8 Å². The smallest absolute Gasteiger partial charge is 0.355 e. The Morgan fingerprint density at radius 2 is 2.12 bits per heavy atom. The summed E-state index contributed by atoms with van der Waals surface area (Å²) >= 11 is 0. The number of nitrogens with one attached hydrogen (secondary N) is 1. The Balaban J connectivity index is 2.22. The van der Waals surface area contributed by atoms with Gasteiger partial charge in [0.05, 0.1) is 17.2 Å². The van der Waals surface area contributed by atoms with E-state index >= 15 is 0 Å². The van der Waals surface area contributed by atoms with Crippen LogP contribution < -0.4 is 5.32 Å². The Kier molecular flexibility index (Phi) is 3.99. The molecule has 1 amide bonds. The Morgan fingerprint density at radius 1 is 1.42 bits per heavy atom. The van der Waals surface area contributed by atoms with E-state index in [9.17, 15) is 18.0 Å². The first-order valence-electron chi connectivity index (χ1n) is 7.77. The molecule has 0 spiro atoms. The van der Waals surface area contributed by atoms with Gasteiger partial charge < -0.3 is 9.88 Å². The van der Waals surface area contributed by atoms with Crippen LogP contribution in [0.3, 0.4) is 0 Å². The third kappa shape index (κ3) is 2.84. The molecular formula is C17H16F3N3O. The summed E-state index contributed by atoms with van der Waals surface area (Å²) in [4.78, 5) is 11.9. The van der Waals surface area contributed by atoms with Gasteiger partial charge in [0.1, 0.15) is 6.54 Å². The minimum atomic E-state index is -4.62. The highest BCUT2D eigenvalue weighted by Crippen LogP contribution is 2.45. The van der Waals surface area contributed by atoms with Gasteiger partial charge in [-0.15, -0.1) is 0 Å². The van der Waals surface area contributed by atoms with Crippen molar-refractivity contribution in [2.24, 2.45) is 0 Å². The monoisotopic (exact) mass is 335 g/mol. The molecule has 24 heavy (non-hydrogen) atoms. The molecule has 0 unspecified atom stereocenters. The molecule has 0 aliphatic heterocycles. The van der Waals surface area contributed by atoms with Crippen LogP contribution in [0.2, 0.25) is 0 Å². The molecule has 1 fully saturated rings. The summed E-state index contributed by atoms with van der Waals surface area (Å²) in [7, 11) is 0. The molecule has 3 rings (SSSR count). The van der Waals surface area contributed by atoms with Crippen LogP contribution in [-0.2, 0) is 17.5 Å². The summed E-state index contributed by atoms with van der Waals surface area (Å²) in [6.07, 6.45) is -2.82. The first kappa shape index (κ1) is 16.4. The molecule has 1 aliphatic carbocycles. The summed E-state index contributed by atoms with van der Waals surface area (Å²) in [5, 5.41) is 11.7. The van der Waals surface area contributed by atoms with Crippen LogP contribution in [-0.4, -0.2) is 17.0 Å². The number of halogens is 3. The lowest BCUT2D eigenvalue weighted by molar-refractivity contribution is -0.136. The lowest BCUT2D eigenvalue weighted by Gasteiger charge is -2.12. The summed E-state index contributed by atoms with van der Waals surface area (Å²) in [6, 6.07) is 5.79. The number of alkyl halides is 3. The zero-order valence-electron chi connectivity index (χ0n) is 13.1. The number of carbonyl (C=O) groups excluding carboxylic acids is 1. The standard InChI is InChI=1S/C17H16F3N3O/c1-2-22-15(24)9-23-13-6-5-11(8-21)16(17(18,19)20)12(13)7-14(23)10-3-4-10/h5-7,10H,2-4,9H2,1H3,(H,22,24). The first-order chi connectivity index (χ1) is 11.4. The second kappa shape index (κ2) is 5.86. The molecule has 1 aromatic heterocycles. The number of hydrogen-bond acceptors (Lipinski definition) is 2. The van der Waals surface area contributed by atoms with Gasteiger partial charge in [-0.3, -0.25) is 4.79 Å². The maximum absolute atomic E-state index is 13.5. The summed E-state index contributed by atoms with van der Waals surface area (Å²) < 4.78 is 42.0. The number of aromatic nitrogens is 1. The van der Waals surface area contributed by atoms with E-state index in [2.05, 4.69) is 5.32 Å². The van der Waals surface area contributed by atoms with Crippen LogP contribution in [0.25, 0.3) is 10.9 Å². The lowest BCUT2D eigenvalue weighted by Crippen LogP contribution is -2.27. The minimum absolute atomic E-state index is 0.00671. The highest BCUT2D eigenvalue weighted by Gasteiger charge is 2.38. The molecule has 0 radical (unpaired) electrons. The number of nitriles is 1. The quantitative estimate of drug-likeness (QED) is 0.929. The number of amides is 1. The van der Waals surface area contributed by atoms with Crippen LogP contribution >= 0.6 is 0 Å². The van der Waals surface area contributed by atoms with E-state index < -0.39 is 17.3 Å². The average molecular weight is 335 g/mol. The maximum atomic E-state index is 13.5. The molecule has 1 N–H and O–H groups in total. The van der Waals surface area contributed by atoms with Gasteiger partial charge in [0.15, 0.2) is 0 Å². The predicted molar refractivity (Wildman–Crippen MR) is 82.3 cm³/mol. The van der Waals surface area contributed by atoms with Gasteiger partial charge in [0, 0.05) is 23.1 Å². The molecule has 0 atom stereocenters. The third-order valence-electron chi connectivity index (χ3n) is 4.19. The molecule has 1 saturated carbocycles. The molecular weight excluding hydrogens is 319 g/mol. The Hall–Kier alpha value is -2.49. The third-order valence-corrected chi connectivity index (χ3v) is 4.19. The summed E-state index contributed by atoms with van der Waals surface area (Å²) in [6.45, 7) is 2.23. The second-order valence-corrected chi connectivity index (χ2v) is 5.91. The average Bonchev–Trinajstić information content (AvgIpc) is 3.29. The molecule has 0 saturated heterocycles. The molecule has 1 heterocycles. The van der Waals surface area contributed by atoms with Crippen molar-refractivity contribution in [3.63, 3.8) is 0 Å². The Bertz CT molecular complexity index is 841. The van der Waals surface area contributed by atoms with Gasteiger partial charge >= 0.3 is 6.18 Å². The van der Waals surface area contributed by atoms with Gasteiger partial charge in [-0.25, -0.2) is 0 Å². The van der Waals surface area contributed by atoms with E-state index in [1.54, 1.807) is 17.6 Å². The summed E-state index contributed by atoms with van der Waals surface area (Å²) in [5.41, 5.74) is -0.238. The lowest BCUT2D eigenvalue weighted by atomic mass is 10.0. The highest BCUT2D eigenvalue weighted by atomic mass is 19.4. The molecule has 2 aromatic rings. The number of carbonyl (C=O) groups is 1. The normalized spacial score (nSPS) is 14.6. The number of rotatable bonds is 4. The number of likely N-dealkylation sites (N-methyl/N-ethyl adjacent to an activating group) is 1. The molecule has 1 aliphatic rings. The number of nitrogens with zero attached hydrogens (tertiary/aromatic N) is 2. The Morgan fingerprint density at radius 3 is 2.67 bits per heavy atom. The molecule has 126 valence electrons. The number of fused-ring (bicyclic) bond motifs is 1. The molecule has 4 nitrogen and oxygen atoms in total. The van der Waals surface area contributed by atoms with Gasteiger partial charge in [0.25, 0.3) is 0 Å². The fraction of sp³-hybridized carbons (Fsp3) is 0.412. The molecule has 0 bridgehead atoms. The van der Waals surface area contributed by atoms with Crippen LogP contribution in [0.15, 0.2) is 18.2 Å². The van der Waals surface area contributed by atoms with Gasteiger partial charge in [0.2, 0.25) is 5.91 Å². The van der Waals surface area contributed by atoms with Crippen LogP contribution in [0.1, 0.15) is 42.5 Å².